The third kappa shape index (κ3) is 3.11. The maximum atomic E-state index is 13.6. The highest BCUT2D eigenvalue weighted by atomic mass is 32.1. The molecule has 1 unspecified atom stereocenters. The summed E-state index contributed by atoms with van der Waals surface area (Å²) in [6.07, 6.45) is 0. The van der Waals surface area contributed by atoms with E-state index >= 15 is 0 Å². The van der Waals surface area contributed by atoms with Crippen LogP contribution in [0.4, 0.5) is 5.13 Å². The highest BCUT2D eigenvalue weighted by Gasteiger charge is 2.43. The molecule has 0 fully saturated rings. The first-order valence-corrected chi connectivity index (χ1v) is 10.3. The third-order valence-electron chi connectivity index (χ3n) is 5.40. The van der Waals surface area contributed by atoms with E-state index in [1.807, 2.05) is 73.5 Å². The number of carbonyl (C=O) groups excluding carboxylic acids is 1. The average Bonchev–Trinajstić information content (AvgIpc) is 3.13. The summed E-state index contributed by atoms with van der Waals surface area (Å²) in [6.45, 7) is 1.87. The van der Waals surface area contributed by atoms with Crippen molar-refractivity contribution in [2.45, 2.75) is 13.0 Å². The predicted octanol–water partition coefficient (Wildman–Crippen LogP) is 3.27. The minimum Gasteiger partial charge on any atom is -0.841 e. The van der Waals surface area contributed by atoms with Crippen LogP contribution in [-0.2, 0) is 9.53 Å². The van der Waals surface area contributed by atoms with Gasteiger partial charge in [-0.2, -0.15) is 0 Å². The Bertz CT molecular complexity index is 1120. The van der Waals surface area contributed by atoms with Gasteiger partial charge in [0.15, 0.2) is 6.04 Å². The molecule has 0 saturated carbocycles. The number of carbonyl (C=O) groups is 1. The highest BCUT2D eigenvalue weighted by molar-refractivity contribution is 7.18. The molecule has 0 radical (unpaired) electrons. The normalized spacial score (nSPS) is 15.7. The van der Waals surface area contributed by atoms with Gasteiger partial charge in [0.1, 0.15) is 17.0 Å². The van der Waals surface area contributed by atoms with Crippen molar-refractivity contribution >= 4 is 22.4 Å². The molecule has 0 amide bonds. The van der Waals surface area contributed by atoms with Crippen LogP contribution in [-0.4, -0.2) is 27.2 Å². The van der Waals surface area contributed by atoms with E-state index in [1.54, 1.807) is 11.7 Å². The molecule has 0 aliphatic carbocycles. The zero-order chi connectivity index (χ0) is 21.4. The number of benzene rings is 2. The van der Waals surface area contributed by atoms with Crippen molar-refractivity contribution in [3.05, 3.63) is 71.4 Å². The molecule has 1 atom stereocenters. The summed E-state index contributed by atoms with van der Waals surface area (Å²) in [5, 5.41) is 14.3. The van der Waals surface area contributed by atoms with E-state index in [0.29, 0.717) is 16.2 Å². The number of ether oxygens (including phenoxy) is 2. The van der Waals surface area contributed by atoms with Crippen LogP contribution >= 0.6 is 11.3 Å². The van der Waals surface area contributed by atoms with Crippen LogP contribution in [0.1, 0.15) is 18.5 Å². The van der Waals surface area contributed by atoms with Crippen molar-refractivity contribution in [2.75, 3.05) is 26.2 Å². The zero-order valence-corrected chi connectivity index (χ0v) is 18.0. The largest absolute Gasteiger partial charge is 0.841 e. The lowest BCUT2D eigenvalue weighted by atomic mass is 9.94. The number of allylic oxidation sites excluding steroid dienone is 1. The lowest BCUT2D eigenvalue weighted by Gasteiger charge is -2.29. The predicted molar refractivity (Wildman–Crippen MR) is 114 cm³/mol. The van der Waals surface area contributed by atoms with Crippen LogP contribution in [0.3, 0.4) is 0 Å². The molecule has 7 heteroatoms. The minimum absolute atomic E-state index is 0.136. The van der Waals surface area contributed by atoms with Crippen LogP contribution in [0.25, 0.3) is 10.4 Å². The molecule has 2 aromatic carbocycles. The molecule has 0 N–H and O–H groups in total. The van der Waals surface area contributed by atoms with Gasteiger partial charge in [-0.25, -0.2) is 14.3 Å². The standard InChI is InChI=1S/C23H22N2O4S/c1-14-18(22(27)29-4)19(15-10-12-17(28-3)13-11-15)25-21(26)20(30-23(25)24(14)2)16-8-6-5-7-9-16/h5-13,19H,1-4H3. The number of methoxy groups -OCH3 is 2. The number of rotatable bonds is 4. The Morgan fingerprint density at radius 3 is 2.37 bits per heavy atom. The number of hydrogen-bond donors (Lipinski definition) is 0. The summed E-state index contributed by atoms with van der Waals surface area (Å²) in [5.74, 6) is 0.114. The van der Waals surface area contributed by atoms with E-state index < -0.39 is 12.0 Å². The van der Waals surface area contributed by atoms with Crippen molar-refractivity contribution in [2.24, 2.45) is 0 Å². The fraction of sp³-hybridized carbons (Fsp3) is 0.217. The molecular weight excluding hydrogens is 400 g/mol. The molecule has 6 nitrogen and oxygen atoms in total. The SMILES string of the molecule is COC(=O)C1=C(C)N(C)c2sc(-c3ccccc3)c([O-])[n+]2C1c1ccc(OC)cc1. The number of thiazole rings is 1. The molecule has 2 heterocycles. The molecule has 0 saturated heterocycles. The van der Waals surface area contributed by atoms with Gasteiger partial charge in [0, 0.05) is 5.56 Å². The Morgan fingerprint density at radius 2 is 1.77 bits per heavy atom. The molecule has 0 spiro atoms. The summed E-state index contributed by atoms with van der Waals surface area (Å²) in [6, 6.07) is 16.4. The van der Waals surface area contributed by atoms with Crippen molar-refractivity contribution in [3.8, 4) is 22.1 Å². The number of nitrogens with zero attached hydrogens (tertiary/aromatic N) is 2. The van der Waals surface area contributed by atoms with Crippen LogP contribution in [0.2, 0.25) is 0 Å². The summed E-state index contributed by atoms with van der Waals surface area (Å²) in [5.41, 5.74) is 2.86. The first kappa shape index (κ1) is 20.0. The monoisotopic (exact) mass is 422 g/mol. The van der Waals surface area contributed by atoms with E-state index in [9.17, 15) is 9.90 Å². The molecule has 30 heavy (non-hydrogen) atoms. The molecule has 3 aromatic rings. The Hall–Kier alpha value is -3.32. The van der Waals surface area contributed by atoms with Gasteiger partial charge < -0.3 is 14.6 Å². The van der Waals surface area contributed by atoms with Gasteiger partial charge >= 0.3 is 11.1 Å². The van der Waals surface area contributed by atoms with Gasteiger partial charge in [-0.15, -0.1) is 0 Å². The third-order valence-corrected chi connectivity index (χ3v) is 6.66. The lowest BCUT2D eigenvalue weighted by Crippen LogP contribution is -2.51. The van der Waals surface area contributed by atoms with E-state index in [-0.39, 0.29) is 5.88 Å². The van der Waals surface area contributed by atoms with Crippen molar-refractivity contribution < 1.29 is 23.9 Å². The summed E-state index contributed by atoms with van der Waals surface area (Å²) < 4.78 is 12.0. The smallest absolute Gasteiger partial charge is 0.342 e. The van der Waals surface area contributed by atoms with Gasteiger partial charge in [-0.3, -0.25) is 0 Å². The maximum absolute atomic E-state index is 13.6. The summed E-state index contributed by atoms with van der Waals surface area (Å²) in [7, 11) is 4.82. The average molecular weight is 423 g/mol. The van der Waals surface area contributed by atoms with Crippen LogP contribution in [0.15, 0.2) is 65.9 Å². The molecule has 1 aliphatic rings. The molecule has 0 bridgehead atoms. The summed E-state index contributed by atoms with van der Waals surface area (Å²) in [4.78, 5) is 15.3. The van der Waals surface area contributed by atoms with E-state index in [1.165, 1.54) is 18.4 Å². The Kier molecular flexibility index (Phi) is 5.22. The molecule has 1 aliphatic heterocycles. The first-order chi connectivity index (χ1) is 14.5. The Morgan fingerprint density at radius 1 is 1.10 bits per heavy atom. The van der Waals surface area contributed by atoms with Crippen LogP contribution in [0.5, 0.6) is 11.6 Å². The van der Waals surface area contributed by atoms with Crippen LogP contribution in [0, 0.1) is 0 Å². The van der Waals surface area contributed by atoms with Crippen LogP contribution < -0.4 is 19.3 Å². The summed E-state index contributed by atoms with van der Waals surface area (Å²) >= 11 is 1.42. The number of anilines is 1. The minimum atomic E-state index is -0.587. The first-order valence-electron chi connectivity index (χ1n) is 9.45. The van der Waals surface area contributed by atoms with Gasteiger partial charge in [-0.05, 0) is 36.0 Å². The second-order valence-electron chi connectivity index (χ2n) is 6.98. The fourth-order valence-electron chi connectivity index (χ4n) is 3.73. The van der Waals surface area contributed by atoms with E-state index in [4.69, 9.17) is 9.47 Å². The maximum Gasteiger partial charge on any atom is 0.342 e. The van der Waals surface area contributed by atoms with E-state index in [2.05, 4.69) is 0 Å². The number of esters is 1. The Balaban J connectivity index is 1.97. The second kappa shape index (κ2) is 7.84. The number of aromatic nitrogens is 1. The lowest BCUT2D eigenvalue weighted by molar-refractivity contribution is -0.728. The Labute approximate surface area is 179 Å². The second-order valence-corrected chi connectivity index (χ2v) is 7.96. The molecule has 1 aromatic heterocycles. The van der Waals surface area contributed by atoms with Gasteiger partial charge in [0.25, 0.3) is 0 Å². The molecule has 154 valence electrons. The topological polar surface area (TPSA) is 65.7 Å². The molecule has 4 rings (SSSR count). The van der Waals surface area contributed by atoms with Crippen molar-refractivity contribution in [1.29, 1.82) is 0 Å². The van der Waals surface area contributed by atoms with Gasteiger partial charge in [0.2, 0.25) is 0 Å². The zero-order valence-electron chi connectivity index (χ0n) is 17.2. The quantitative estimate of drug-likeness (QED) is 0.477. The van der Waals surface area contributed by atoms with Gasteiger partial charge in [-0.1, -0.05) is 42.5 Å². The van der Waals surface area contributed by atoms with E-state index in [0.717, 1.165) is 22.0 Å². The van der Waals surface area contributed by atoms with Gasteiger partial charge in [0.05, 0.1) is 32.0 Å². The fourth-order valence-corrected chi connectivity index (χ4v) is 4.92. The van der Waals surface area contributed by atoms with Crippen molar-refractivity contribution in [3.63, 3.8) is 0 Å². The number of hydrogen-bond acceptors (Lipinski definition) is 6. The van der Waals surface area contributed by atoms with Crippen molar-refractivity contribution in [1.82, 2.24) is 0 Å². The molecular formula is C23H22N2O4S. The highest BCUT2D eigenvalue weighted by Crippen LogP contribution is 2.43. The number of fused-ring (bicyclic) bond motifs is 1.